The highest BCUT2D eigenvalue weighted by Crippen LogP contribution is 2.23. The second-order valence-corrected chi connectivity index (χ2v) is 6.43. The Morgan fingerprint density at radius 3 is 2.42 bits per heavy atom. The predicted molar refractivity (Wildman–Crippen MR) is 73.7 cm³/mol. The first-order valence-corrected chi connectivity index (χ1v) is 7.18. The highest BCUT2D eigenvalue weighted by atomic mass is 32.2. The van der Waals surface area contributed by atoms with Gasteiger partial charge < -0.3 is 15.2 Å². The molecular formula is C12H20N2O4S. The van der Waals surface area contributed by atoms with Crippen molar-refractivity contribution in [1.82, 2.24) is 4.72 Å². The fourth-order valence-electron chi connectivity index (χ4n) is 1.32. The lowest BCUT2D eigenvalue weighted by molar-refractivity contribution is 0.0276. The Bertz CT molecular complexity index is 541. The molecule has 1 aromatic carbocycles. The van der Waals surface area contributed by atoms with Gasteiger partial charge in [0.1, 0.15) is 10.6 Å². The summed E-state index contributed by atoms with van der Waals surface area (Å²) in [5.74, 6) is 0.508. The Morgan fingerprint density at radius 1 is 1.32 bits per heavy atom. The number of anilines is 1. The summed E-state index contributed by atoms with van der Waals surface area (Å²) >= 11 is 0. The minimum atomic E-state index is -3.67. The molecule has 108 valence electrons. The van der Waals surface area contributed by atoms with E-state index in [4.69, 9.17) is 15.2 Å². The number of ether oxygens (including phenoxy) is 2. The van der Waals surface area contributed by atoms with Crippen LogP contribution < -0.4 is 15.2 Å². The van der Waals surface area contributed by atoms with Crippen LogP contribution >= 0.6 is 0 Å². The van der Waals surface area contributed by atoms with Crippen molar-refractivity contribution in [2.45, 2.75) is 24.3 Å². The van der Waals surface area contributed by atoms with Gasteiger partial charge in [0.2, 0.25) is 10.0 Å². The van der Waals surface area contributed by atoms with Gasteiger partial charge in [-0.15, -0.1) is 0 Å². The smallest absolute Gasteiger partial charge is 0.242 e. The highest BCUT2D eigenvalue weighted by molar-refractivity contribution is 7.89. The lowest BCUT2D eigenvalue weighted by atomic mass is 10.1. The quantitative estimate of drug-likeness (QED) is 0.761. The van der Waals surface area contributed by atoms with Crippen molar-refractivity contribution in [3.63, 3.8) is 0 Å². The molecule has 1 aromatic rings. The fraction of sp³-hybridized carbons (Fsp3) is 0.500. The van der Waals surface area contributed by atoms with Gasteiger partial charge in [-0.05, 0) is 26.0 Å². The summed E-state index contributed by atoms with van der Waals surface area (Å²) in [6.45, 7) is 3.72. The topological polar surface area (TPSA) is 90.7 Å². The van der Waals surface area contributed by atoms with Crippen molar-refractivity contribution in [2.24, 2.45) is 0 Å². The SMILES string of the molecule is COc1ccc(S(=O)(=O)NCC(C)(C)OC)c(N)c1. The normalized spacial score (nSPS) is 12.4. The standard InChI is InChI=1S/C12H20N2O4S/c1-12(2,18-4)8-14-19(15,16)11-6-5-9(17-3)7-10(11)13/h5-7,14H,8,13H2,1-4H3. The third kappa shape index (κ3) is 4.09. The number of hydrogen-bond acceptors (Lipinski definition) is 5. The summed E-state index contributed by atoms with van der Waals surface area (Å²) in [6.07, 6.45) is 0. The summed E-state index contributed by atoms with van der Waals surface area (Å²) in [5, 5.41) is 0. The van der Waals surface area contributed by atoms with E-state index in [0.29, 0.717) is 5.75 Å². The molecule has 6 nitrogen and oxygen atoms in total. The molecule has 3 N–H and O–H groups in total. The number of methoxy groups -OCH3 is 2. The van der Waals surface area contributed by atoms with E-state index in [0.717, 1.165) is 0 Å². The van der Waals surface area contributed by atoms with E-state index in [1.807, 2.05) is 0 Å². The molecule has 7 heteroatoms. The number of nitrogen functional groups attached to an aromatic ring is 1. The maximum absolute atomic E-state index is 12.1. The molecule has 1 rings (SSSR count). The van der Waals surface area contributed by atoms with E-state index in [9.17, 15) is 8.42 Å². The largest absolute Gasteiger partial charge is 0.497 e. The molecule has 0 heterocycles. The van der Waals surface area contributed by atoms with Gasteiger partial charge in [0.15, 0.2) is 0 Å². The van der Waals surface area contributed by atoms with Gasteiger partial charge in [-0.3, -0.25) is 0 Å². The zero-order valence-electron chi connectivity index (χ0n) is 11.6. The Labute approximate surface area is 113 Å². The molecule has 0 saturated carbocycles. The first-order chi connectivity index (χ1) is 8.72. The molecule has 0 radical (unpaired) electrons. The molecule has 0 aromatic heterocycles. The van der Waals surface area contributed by atoms with Gasteiger partial charge in [0, 0.05) is 19.7 Å². The first-order valence-electron chi connectivity index (χ1n) is 5.70. The van der Waals surface area contributed by atoms with Gasteiger partial charge in [-0.1, -0.05) is 0 Å². The minimum absolute atomic E-state index is 0.0280. The predicted octanol–water partition coefficient (Wildman–Crippen LogP) is 0.981. The van der Waals surface area contributed by atoms with Crippen LogP contribution in [0.2, 0.25) is 0 Å². The summed E-state index contributed by atoms with van der Waals surface area (Å²) in [5.41, 5.74) is 5.28. The Balaban J connectivity index is 2.95. The van der Waals surface area contributed by atoms with Crippen molar-refractivity contribution < 1.29 is 17.9 Å². The van der Waals surface area contributed by atoms with Crippen LogP contribution in [0.3, 0.4) is 0 Å². The van der Waals surface area contributed by atoms with Crippen molar-refractivity contribution in [1.29, 1.82) is 0 Å². The number of nitrogens with one attached hydrogen (secondary N) is 1. The number of hydrogen-bond donors (Lipinski definition) is 2. The van der Waals surface area contributed by atoms with Gasteiger partial charge in [0.25, 0.3) is 0 Å². The maximum atomic E-state index is 12.1. The monoisotopic (exact) mass is 288 g/mol. The number of benzene rings is 1. The van der Waals surface area contributed by atoms with Gasteiger partial charge in [0.05, 0.1) is 18.4 Å². The maximum Gasteiger partial charge on any atom is 0.242 e. The third-order valence-corrected chi connectivity index (χ3v) is 4.22. The van der Waals surface area contributed by atoms with E-state index in [2.05, 4.69) is 4.72 Å². The van der Waals surface area contributed by atoms with Crippen LogP contribution in [0.15, 0.2) is 23.1 Å². The molecule has 0 aliphatic heterocycles. The van der Waals surface area contributed by atoms with Gasteiger partial charge >= 0.3 is 0 Å². The zero-order chi connectivity index (χ0) is 14.7. The van der Waals surface area contributed by atoms with Crippen LogP contribution in [0.1, 0.15) is 13.8 Å². The molecule has 0 atom stereocenters. The van der Waals surface area contributed by atoms with E-state index in [1.165, 1.54) is 26.4 Å². The summed E-state index contributed by atoms with van der Waals surface area (Å²) < 4.78 is 36.9. The lowest BCUT2D eigenvalue weighted by Crippen LogP contribution is -2.39. The number of sulfonamides is 1. The summed E-state index contributed by atoms with van der Waals surface area (Å²) in [4.78, 5) is 0.0280. The molecule has 0 spiro atoms. The molecule has 0 unspecified atom stereocenters. The fourth-order valence-corrected chi connectivity index (χ4v) is 2.63. The summed E-state index contributed by atoms with van der Waals surface area (Å²) in [6, 6.07) is 4.43. The van der Waals surface area contributed by atoms with Crippen molar-refractivity contribution >= 4 is 15.7 Å². The minimum Gasteiger partial charge on any atom is -0.497 e. The van der Waals surface area contributed by atoms with E-state index < -0.39 is 15.6 Å². The van der Waals surface area contributed by atoms with Crippen LogP contribution in [-0.2, 0) is 14.8 Å². The first kappa shape index (κ1) is 15.7. The number of nitrogens with two attached hydrogens (primary N) is 1. The van der Waals surface area contributed by atoms with E-state index in [1.54, 1.807) is 19.9 Å². The molecule has 0 aliphatic carbocycles. The van der Waals surface area contributed by atoms with Gasteiger partial charge in [-0.25, -0.2) is 13.1 Å². The van der Waals surface area contributed by atoms with Crippen LogP contribution in [-0.4, -0.2) is 34.8 Å². The average molecular weight is 288 g/mol. The number of rotatable bonds is 6. The highest BCUT2D eigenvalue weighted by Gasteiger charge is 2.23. The molecule has 0 fully saturated rings. The molecule has 0 bridgehead atoms. The Morgan fingerprint density at radius 2 is 1.95 bits per heavy atom. The Hall–Kier alpha value is -1.31. The third-order valence-electron chi connectivity index (χ3n) is 2.75. The van der Waals surface area contributed by atoms with Crippen LogP contribution in [0, 0.1) is 0 Å². The molecule has 19 heavy (non-hydrogen) atoms. The second kappa shape index (κ2) is 5.77. The summed E-state index contributed by atoms with van der Waals surface area (Å²) in [7, 11) is -0.658. The van der Waals surface area contributed by atoms with Crippen LogP contribution in [0.4, 0.5) is 5.69 Å². The molecule has 0 amide bonds. The van der Waals surface area contributed by atoms with Crippen LogP contribution in [0.5, 0.6) is 5.75 Å². The second-order valence-electron chi connectivity index (χ2n) is 4.69. The molecule has 0 saturated heterocycles. The lowest BCUT2D eigenvalue weighted by Gasteiger charge is -2.23. The zero-order valence-corrected chi connectivity index (χ0v) is 12.4. The van der Waals surface area contributed by atoms with Gasteiger partial charge in [-0.2, -0.15) is 0 Å². The van der Waals surface area contributed by atoms with Crippen molar-refractivity contribution in [2.75, 3.05) is 26.5 Å². The van der Waals surface area contributed by atoms with E-state index >= 15 is 0 Å². The van der Waals surface area contributed by atoms with Crippen molar-refractivity contribution in [3.05, 3.63) is 18.2 Å². The van der Waals surface area contributed by atoms with Crippen LogP contribution in [0.25, 0.3) is 0 Å². The van der Waals surface area contributed by atoms with Crippen molar-refractivity contribution in [3.8, 4) is 5.75 Å². The average Bonchev–Trinajstić information content (AvgIpc) is 2.36. The Kier molecular flexibility index (Phi) is 4.78. The molecular weight excluding hydrogens is 268 g/mol. The molecule has 0 aliphatic rings. The van der Waals surface area contributed by atoms with E-state index in [-0.39, 0.29) is 17.1 Å².